The zero-order chi connectivity index (χ0) is 26.8. The molecule has 2 nitrogen and oxygen atoms in total. The van der Waals surface area contributed by atoms with Crippen LogP contribution in [0.1, 0.15) is 52.9 Å². The van der Waals surface area contributed by atoms with E-state index in [0.717, 1.165) is 11.6 Å². The largest absolute Gasteiger partial charge is 0.335 e. The van der Waals surface area contributed by atoms with Crippen LogP contribution in [0.15, 0.2) is 91.7 Å². The topological polar surface area (TPSA) is 9.34 Å². The third-order valence-corrected chi connectivity index (χ3v) is 8.44. The maximum Gasteiger partial charge on any atom is 0.0846 e. The Bertz CT molecular complexity index is 2090. The summed E-state index contributed by atoms with van der Waals surface area (Å²) in [6, 6.07) is 22.5. The van der Waals surface area contributed by atoms with Crippen molar-refractivity contribution in [2.45, 2.75) is 33.2 Å². The lowest BCUT2D eigenvalue weighted by Gasteiger charge is -2.14. The summed E-state index contributed by atoms with van der Waals surface area (Å²) in [5.41, 5.74) is 11.4. The second kappa shape index (κ2) is 8.74. The fraction of sp³-hybridized carbons (Fsp3) is 0.135. The average molecular weight is 505 g/mol. The van der Waals surface area contributed by atoms with Crippen molar-refractivity contribution in [1.82, 2.24) is 8.97 Å². The Morgan fingerprint density at radius 2 is 1.59 bits per heavy atom. The quantitative estimate of drug-likeness (QED) is 0.207. The number of benzene rings is 3. The van der Waals surface area contributed by atoms with Crippen molar-refractivity contribution >= 4 is 56.8 Å². The zero-order valence-electron chi connectivity index (χ0n) is 22.8. The molecule has 3 heterocycles. The van der Waals surface area contributed by atoms with Crippen LogP contribution in [0.4, 0.5) is 0 Å². The van der Waals surface area contributed by atoms with Crippen LogP contribution in [0.3, 0.4) is 0 Å². The first-order valence-corrected chi connectivity index (χ1v) is 13.8. The predicted octanol–water partition coefficient (Wildman–Crippen LogP) is 9.08. The summed E-state index contributed by atoms with van der Waals surface area (Å²) in [6.07, 6.45) is 13.9. The lowest BCUT2D eigenvalue weighted by atomic mass is 9.98. The second-order valence-corrected chi connectivity index (χ2v) is 10.6. The third-order valence-electron chi connectivity index (χ3n) is 8.44. The van der Waals surface area contributed by atoms with Crippen LogP contribution >= 0.6 is 0 Å². The summed E-state index contributed by atoms with van der Waals surface area (Å²) < 4.78 is 4.94. The van der Waals surface area contributed by atoms with Gasteiger partial charge in [-0.05, 0) is 65.9 Å². The standard InChI is InChI=1S/C37H32N2/c1-6-8-14-26-23(3)20-21-38(35-29-17-10-11-18-30(29)35)36-31(24(26)4)22-32-28-16-12-13-19-33(28)39-25(5)27(15-9-7-2)34(36)37(32)39/h7-22,35H,2,4,6H2,1,3,5H3/b14-8-,15-9-,21-20?,26-23?. The van der Waals surface area contributed by atoms with Crippen molar-refractivity contribution in [2.24, 2.45) is 0 Å². The van der Waals surface area contributed by atoms with Crippen molar-refractivity contribution in [2.75, 3.05) is 0 Å². The molecule has 0 saturated carbocycles. The van der Waals surface area contributed by atoms with Crippen molar-refractivity contribution in [1.29, 1.82) is 0 Å². The number of para-hydroxylation sites is 1. The van der Waals surface area contributed by atoms with Crippen LogP contribution in [-0.2, 0) is 0 Å². The molecule has 0 aliphatic heterocycles. The highest BCUT2D eigenvalue weighted by Gasteiger charge is 2.34. The molecule has 0 saturated heterocycles. The van der Waals surface area contributed by atoms with E-state index in [-0.39, 0.29) is 6.04 Å². The van der Waals surface area contributed by atoms with Gasteiger partial charge in [-0.2, -0.15) is 0 Å². The van der Waals surface area contributed by atoms with Crippen LogP contribution in [0, 0.1) is 13.8 Å². The van der Waals surface area contributed by atoms with Crippen molar-refractivity contribution in [3.63, 3.8) is 0 Å². The molecule has 0 bridgehead atoms. The van der Waals surface area contributed by atoms with Gasteiger partial charge in [-0.3, -0.25) is 0 Å². The van der Waals surface area contributed by atoms with E-state index >= 15 is 0 Å². The first-order valence-electron chi connectivity index (χ1n) is 13.8. The Labute approximate surface area is 229 Å². The molecule has 0 radical (unpaired) electrons. The van der Waals surface area contributed by atoms with Crippen molar-refractivity contribution < 1.29 is 0 Å². The van der Waals surface area contributed by atoms with E-state index in [1.165, 1.54) is 71.6 Å². The normalized spacial score (nSPS) is 13.5. The predicted molar refractivity (Wildman–Crippen MR) is 169 cm³/mol. The second-order valence-electron chi connectivity index (χ2n) is 10.6. The van der Waals surface area contributed by atoms with Gasteiger partial charge in [0, 0.05) is 39.0 Å². The van der Waals surface area contributed by atoms with Gasteiger partial charge < -0.3 is 8.97 Å². The summed E-state index contributed by atoms with van der Waals surface area (Å²) >= 11 is 0. The average Bonchev–Trinajstić information content (AvgIpc) is 3.47. The number of nitrogens with zero attached hydrogens (tertiary/aromatic N) is 2. The van der Waals surface area contributed by atoms with E-state index in [4.69, 9.17) is 6.58 Å². The number of aryl methyl sites for hydroxylation is 2. The van der Waals surface area contributed by atoms with Crippen molar-refractivity contribution in [3.8, 4) is 0 Å². The maximum absolute atomic E-state index is 4.75. The molecule has 3 aromatic heterocycles. The van der Waals surface area contributed by atoms with Gasteiger partial charge in [0.2, 0.25) is 0 Å². The van der Waals surface area contributed by atoms with Gasteiger partial charge in [0.05, 0.1) is 22.6 Å². The molecule has 190 valence electrons. The summed E-state index contributed by atoms with van der Waals surface area (Å²) in [7, 11) is 0. The SMILES string of the molecule is C=C/C=C\c1c(C)n2c3ccccc3c3cc4c(=C)c(/C=C\CC)c(C)ccn(C5c6ccccc65)c4c1c32. The lowest BCUT2D eigenvalue weighted by molar-refractivity contribution is 0.815. The number of rotatable bonds is 5. The summed E-state index contributed by atoms with van der Waals surface area (Å²) in [6.45, 7) is 15.3. The lowest BCUT2D eigenvalue weighted by Crippen LogP contribution is -2.09. The van der Waals surface area contributed by atoms with Gasteiger partial charge in [0.25, 0.3) is 0 Å². The fourth-order valence-electron chi connectivity index (χ4n) is 6.55. The summed E-state index contributed by atoms with van der Waals surface area (Å²) in [4.78, 5) is 0. The molecule has 0 amide bonds. The molecule has 0 fully saturated rings. The van der Waals surface area contributed by atoms with Crippen LogP contribution in [0.25, 0.3) is 56.8 Å². The van der Waals surface area contributed by atoms with E-state index in [1.807, 2.05) is 6.08 Å². The molecular weight excluding hydrogens is 472 g/mol. The number of fused-ring (bicyclic) bond motifs is 6. The summed E-state index contributed by atoms with van der Waals surface area (Å²) in [5.74, 6) is 0. The Morgan fingerprint density at radius 3 is 2.33 bits per heavy atom. The minimum atomic E-state index is 0.223. The van der Waals surface area contributed by atoms with E-state index in [1.54, 1.807) is 0 Å². The number of allylic oxidation sites excluding steroid dienone is 3. The molecule has 2 heteroatoms. The van der Waals surface area contributed by atoms with E-state index in [0.29, 0.717) is 0 Å². The first-order chi connectivity index (χ1) is 19.1. The fourth-order valence-corrected chi connectivity index (χ4v) is 6.55. The molecule has 6 aromatic rings. The van der Waals surface area contributed by atoms with Gasteiger partial charge in [-0.15, -0.1) is 0 Å². The van der Waals surface area contributed by atoms with Crippen LogP contribution in [0.5, 0.6) is 0 Å². The highest BCUT2D eigenvalue weighted by Crippen LogP contribution is 2.48. The molecule has 0 unspecified atom stereocenters. The van der Waals surface area contributed by atoms with E-state index in [2.05, 4.69) is 127 Å². The Kier molecular flexibility index (Phi) is 5.28. The van der Waals surface area contributed by atoms with Gasteiger partial charge in [0.15, 0.2) is 0 Å². The smallest absolute Gasteiger partial charge is 0.0846 e. The highest BCUT2D eigenvalue weighted by atomic mass is 15.0. The van der Waals surface area contributed by atoms with Crippen LogP contribution in [-0.4, -0.2) is 8.97 Å². The van der Waals surface area contributed by atoms with Crippen LogP contribution in [0.2, 0.25) is 0 Å². The van der Waals surface area contributed by atoms with Gasteiger partial charge >= 0.3 is 0 Å². The number of hydrogen-bond donors (Lipinski definition) is 0. The number of aromatic nitrogens is 2. The van der Waals surface area contributed by atoms with Gasteiger partial charge in [-0.25, -0.2) is 0 Å². The van der Waals surface area contributed by atoms with E-state index in [9.17, 15) is 0 Å². The van der Waals surface area contributed by atoms with Gasteiger partial charge in [0.1, 0.15) is 0 Å². The molecule has 0 spiro atoms. The molecule has 39 heavy (non-hydrogen) atoms. The first kappa shape index (κ1) is 23.5. The monoisotopic (exact) mass is 504 g/mol. The zero-order valence-corrected chi connectivity index (χ0v) is 22.8. The molecule has 7 rings (SSSR count). The Hall–Kier alpha value is -4.56. The number of hydrogen-bond acceptors (Lipinski definition) is 0. The molecule has 1 aliphatic rings. The van der Waals surface area contributed by atoms with Crippen molar-refractivity contribution in [3.05, 3.63) is 130 Å². The van der Waals surface area contributed by atoms with Crippen LogP contribution < -0.4 is 5.22 Å². The minimum Gasteiger partial charge on any atom is -0.335 e. The Balaban J connectivity index is 1.79. The highest BCUT2D eigenvalue weighted by molar-refractivity contribution is 6.24. The third kappa shape index (κ3) is 3.28. The minimum absolute atomic E-state index is 0.223. The molecule has 0 N–H and O–H groups in total. The maximum atomic E-state index is 4.75. The molecule has 1 aliphatic carbocycles. The molecule has 0 atom stereocenters. The molecule has 3 aromatic carbocycles. The molecular formula is C37H32N2. The Morgan fingerprint density at radius 1 is 0.846 bits per heavy atom. The van der Waals surface area contributed by atoms with E-state index < -0.39 is 0 Å². The summed E-state index contributed by atoms with van der Waals surface area (Å²) in [5, 5.41) is 6.09. The van der Waals surface area contributed by atoms with Gasteiger partial charge in [-0.1, -0.05) is 92.9 Å².